The minimum atomic E-state index is -3.40. The van der Waals surface area contributed by atoms with Crippen LogP contribution in [0.1, 0.15) is 18.4 Å². The summed E-state index contributed by atoms with van der Waals surface area (Å²) >= 11 is 3.27. The third-order valence-electron chi connectivity index (χ3n) is 2.53. The number of benzene rings is 1. The number of carboxylic acids is 1. The molecule has 0 spiro atoms. The summed E-state index contributed by atoms with van der Waals surface area (Å²) in [5.74, 6) is -0.597. The van der Waals surface area contributed by atoms with Gasteiger partial charge in [-0.15, -0.1) is 0 Å². The maximum atomic E-state index is 11.7. The van der Waals surface area contributed by atoms with Crippen molar-refractivity contribution in [1.29, 1.82) is 0 Å². The van der Waals surface area contributed by atoms with Gasteiger partial charge in [-0.3, -0.25) is 4.79 Å². The lowest BCUT2D eigenvalue weighted by Crippen LogP contribution is -2.03. The molecule has 106 valence electrons. The molecule has 0 fully saturated rings. The van der Waals surface area contributed by atoms with Crippen LogP contribution in [0.3, 0.4) is 0 Å². The van der Waals surface area contributed by atoms with Gasteiger partial charge < -0.3 is 9.84 Å². The van der Waals surface area contributed by atoms with E-state index in [1.165, 1.54) is 13.2 Å². The first-order chi connectivity index (χ1) is 8.75. The van der Waals surface area contributed by atoms with Gasteiger partial charge in [0.2, 0.25) is 0 Å². The van der Waals surface area contributed by atoms with E-state index in [0.717, 1.165) is 11.8 Å². The highest BCUT2D eigenvalue weighted by Crippen LogP contribution is 2.34. The maximum Gasteiger partial charge on any atom is 0.303 e. The molecular weight excluding hydrogens is 336 g/mol. The molecule has 0 bridgehead atoms. The minimum Gasteiger partial charge on any atom is -0.494 e. The second-order valence-corrected chi connectivity index (χ2v) is 6.97. The summed E-state index contributed by atoms with van der Waals surface area (Å²) in [6.07, 6.45) is 2.12. The van der Waals surface area contributed by atoms with Crippen LogP contribution in [0.2, 0.25) is 0 Å². The zero-order valence-corrected chi connectivity index (χ0v) is 13.0. The van der Waals surface area contributed by atoms with Crippen LogP contribution in [0.15, 0.2) is 21.5 Å². The van der Waals surface area contributed by atoms with Crippen LogP contribution in [-0.2, 0) is 21.1 Å². The lowest BCUT2D eigenvalue weighted by Gasteiger charge is -2.11. The van der Waals surface area contributed by atoms with Crippen LogP contribution in [0.25, 0.3) is 0 Å². The summed E-state index contributed by atoms with van der Waals surface area (Å²) in [7, 11) is -2.00. The Hall–Kier alpha value is -1.08. The average molecular weight is 351 g/mol. The molecule has 7 heteroatoms. The highest BCUT2D eigenvalue weighted by atomic mass is 79.9. The number of aryl methyl sites for hydroxylation is 1. The number of methoxy groups -OCH3 is 1. The molecular formula is C12H15BrO5S. The molecule has 0 radical (unpaired) electrons. The molecule has 0 aliphatic rings. The van der Waals surface area contributed by atoms with Crippen molar-refractivity contribution in [3.05, 3.63) is 22.2 Å². The van der Waals surface area contributed by atoms with Crippen LogP contribution < -0.4 is 4.74 Å². The molecule has 0 saturated carbocycles. The molecule has 19 heavy (non-hydrogen) atoms. The van der Waals surface area contributed by atoms with Crippen LogP contribution in [0.4, 0.5) is 0 Å². The van der Waals surface area contributed by atoms with E-state index in [2.05, 4.69) is 15.9 Å². The lowest BCUT2D eigenvalue weighted by atomic mass is 10.1. The van der Waals surface area contributed by atoms with E-state index >= 15 is 0 Å². The molecule has 0 saturated heterocycles. The van der Waals surface area contributed by atoms with E-state index in [-0.39, 0.29) is 17.1 Å². The standard InChI is InChI=1S/C12H15BrO5S/c1-18-12-9(13)6-8(4-3-5-11(14)15)7-10(12)19(2,16)17/h6-7H,3-5H2,1-2H3,(H,14,15). The highest BCUT2D eigenvalue weighted by Gasteiger charge is 2.18. The number of carbonyl (C=O) groups is 1. The molecule has 0 amide bonds. The first-order valence-corrected chi connectivity index (χ1v) is 8.22. The lowest BCUT2D eigenvalue weighted by molar-refractivity contribution is -0.137. The molecule has 1 aromatic carbocycles. The third-order valence-corrected chi connectivity index (χ3v) is 4.22. The Morgan fingerprint density at radius 3 is 2.53 bits per heavy atom. The van der Waals surface area contributed by atoms with Crippen LogP contribution in [0, 0.1) is 0 Å². The first kappa shape index (κ1) is 16.0. The summed E-state index contributed by atoms with van der Waals surface area (Å²) in [5, 5.41) is 8.59. The SMILES string of the molecule is COc1c(Br)cc(CCCC(=O)O)cc1S(C)(=O)=O. The van der Waals surface area contributed by atoms with Gasteiger partial charge in [-0.25, -0.2) is 8.42 Å². The van der Waals surface area contributed by atoms with Crippen molar-refractivity contribution < 1.29 is 23.1 Å². The number of halogens is 1. The number of carboxylic acid groups (broad SMARTS) is 1. The van der Waals surface area contributed by atoms with E-state index < -0.39 is 15.8 Å². The molecule has 0 heterocycles. The largest absolute Gasteiger partial charge is 0.494 e. The number of hydrogen-bond acceptors (Lipinski definition) is 4. The van der Waals surface area contributed by atoms with Crippen LogP contribution >= 0.6 is 15.9 Å². The van der Waals surface area contributed by atoms with Gasteiger partial charge in [-0.05, 0) is 46.5 Å². The Balaban J connectivity index is 3.10. The van der Waals surface area contributed by atoms with Gasteiger partial charge in [-0.1, -0.05) is 0 Å². The van der Waals surface area contributed by atoms with Gasteiger partial charge in [0, 0.05) is 12.7 Å². The van der Waals surface area contributed by atoms with Crippen molar-refractivity contribution in [2.75, 3.05) is 13.4 Å². The Kier molecular flexibility index (Phi) is 5.37. The molecule has 1 rings (SSSR count). The molecule has 0 aromatic heterocycles. The first-order valence-electron chi connectivity index (χ1n) is 5.54. The Morgan fingerprint density at radius 2 is 2.05 bits per heavy atom. The van der Waals surface area contributed by atoms with Crippen molar-refractivity contribution in [2.24, 2.45) is 0 Å². The van der Waals surface area contributed by atoms with E-state index in [4.69, 9.17) is 9.84 Å². The number of aliphatic carboxylic acids is 1. The average Bonchev–Trinajstić information content (AvgIpc) is 2.26. The smallest absolute Gasteiger partial charge is 0.303 e. The quantitative estimate of drug-likeness (QED) is 0.850. The Morgan fingerprint density at radius 1 is 1.42 bits per heavy atom. The molecule has 5 nitrogen and oxygen atoms in total. The number of sulfone groups is 1. The van der Waals surface area contributed by atoms with Crippen molar-refractivity contribution in [1.82, 2.24) is 0 Å². The fourth-order valence-corrected chi connectivity index (χ4v) is 3.38. The monoisotopic (exact) mass is 350 g/mol. The summed E-state index contributed by atoms with van der Waals surface area (Å²) in [4.78, 5) is 10.6. The summed E-state index contributed by atoms with van der Waals surface area (Å²) < 4.78 is 29.0. The molecule has 1 aromatic rings. The second kappa shape index (κ2) is 6.38. The third kappa shape index (κ3) is 4.50. The normalized spacial score (nSPS) is 11.3. The van der Waals surface area contributed by atoms with Gasteiger partial charge in [0.1, 0.15) is 4.90 Å². The zero-order valence-electron chi connectivity index (χ0n) is 10.6. The topological polar surface area (TPSA) is 80.7 Å². The Bertz CT molecular complexity index is 580. The van der Waals surface area contributed by atoms with Crippen molar-refractivity contribution >= 4 is 31.7 Å². The van der Waals surface area contributed by atoms with Gasteiger partial charge >= 0.3 is 5.97 Å². The number of rotatable bonds is 6. The van der Waals surface area contributed by atoms with Crippen molar-refractivity contribution in [3.63, 3.8) is 0 Å². The highest BCUT2D eigenvalue weighted by molar-refractivity contribution is 9.10. The van der Waals surface area contributed by atoms with Gasteiger partial charge in [0.25, 0.3) is 0 Å². The number of hydrogen-bond donors (Lipinski definition) is 1. The van der Waals surface area contributed by atoms with E-state index in [9.17, 15) is 13.2 Å². The van der Waals surface area contributed by atoms with Crippen LogP contribution in [-0.4, -0.2) is 32.9 Å². The molecule has 1 N–H and O–H groups in total. The molecule has 0 unspecified atom stereocenters. The number of ether oxygens (including phenoxy) is 1. The van der Waals surface area contributed by atoms with Gasteiger partial charge in [-0.2, -0.15) is 0 Å². The molecule has 0 aliphatic heterocycles. The molecule has 0 aliphatic carbocycles. The fourth-order valence-electron chi connectivity index (χ4n) is 1.68. The summed E-state index contributed by atoms with van der Waals surface area (Å²) in [6.45, 7) is 0. The summed E-state index contributed by atoms with van der Waals surface area (Å²) in [5.41, 5.74) is 0.759. The minimum absolute atomic E-state index is 0.0534. The zero-order chi connectivity index (χ0) is 14.6. The summed E-state index contributed by atoms with van der Waals surface area (Å²) in [6, 6.07) is 3.27. The fraction of sp³-hybridized carbons (Fsp3) is 0.417. The Labute approximate surface area is 120 Å². The van der Waals surface area contributed by atoms with Gasteiger partial charge in [0.05, 0.1) is 11.6 Å². The van der Waals surface area contributed by atoms with Gasteiger partial charge in [0.15, 0.2) is 15.6 Å². The van der Waals surface area contributed by atoms with Crippen molar-refractivity contribution in [2.45, 2.75) is 24.2 Å². The van der Waals surface area contributed by atoms with Crippen molar-refractivity contribution in [3.8, 4) is 5.75 Å². The van der Waals surface area contributed by atoms with Crippen LogP contribution in [0.5, 0.6) is 5.75 Å². The maximum absolute atomic E-state index is 11.7. The van der Waals surface area contributed by atoms with E-state index in [1.807, 2.05) is 0 Å². The van der Waals surface area contributed by atoms with E-state index in [0.29, 0.717) is 17.3 Å². The molecule has 0 atom stereocenters. The predicted octanol–water partition coefficient (Wildman–Crippen LogP) is 2.27. The predicted molar refractivity (Wildman–Crippen MR) is 74.4 cm³/mol. The van der Waals surface area contributed by atoms with E-state index in [1.54, 1.807) is 6.07 Å². The second-order valence-electron chi connectivity index (χ2n) is 4.13.